The van der Waals surface area contributed by atoms with Crippen molar-refractivity contribution in [2.75, 3.05) is 0 Å². The number of ether oxygens (including phenoxy) is 1. The van der Waals surface area contributed by atoms with Gasteiger partial charge in [-0.2, -0.15) is 0 Å². The third kappa shape index (κ3) is 4.86. The molecule has 2 heterocycles. The van der Waals surface area contributed by atoms with Crippen LogP contribution in [0.4, 0.5) is 0 Å². The van der Waals surface area contributed by atoms with Crippen molar-refractivity contribution in [1.82, 2.24) is 14.5 Å². The zero-order valence-electron chi connectivity index (χ0n) is 21.5. The van der Waals surface area contributed by atoms with E-state index in [1.165, 1.54) is 11.1 Å². The summed E-state index contributed by atoms with van der Waals surface area (Å²) >= 11 is 0. The molecule has 0 spiro atoms. The molecule has 1 aliphatic rings. The summed E-state index contributed by atoms with van der Waals surface area (Å²) in [5.74, 6) is 0.339. The Balaban J connectivity index is 1.34. The Morgan fingerprint density at radius 3 is 2.68 bits per heavy atom. The predicted molar refractivity (Wildman–Crippen MR) is 148 cm³/mol. The van der Waals surface area contributed by atoms with Crippen molar-refractivity contribution >= 4 is 27.9 Å². The molecule has 1 N–H and O–H groups in total. The first-order chi connectivity index (χ1) is 18.5. The number of carboxylic acids is 1. The van der Waals surface area contributed by atoms with Gasteiger partial charge in [0.1, 0.15) is 18.2 Å². The molecule has 6 heteroatoms. The molecule has 0 radical (unpaired) electrons. The molecular formula is C32H31N3O3. The maximum atomic E-state index is 12.2. The molecule has 2 atom stereocenters. The van der Waals surface area contributed by atoms with Crippen LogP contribution >= 0.6 is 0 Å². The third-order valence-electron chi connectivity index (χ3n) is 7.63. The van der Waals surface area contributed by atoms with Crippen molar-refractivity contribution in [3.05, 3.63) is 102 Å². The van der Waals surface area contributed by atoms with Crippen LogP contribution in [0.3, 0.4) is 0 Å². The van der Waals surface area contributed by atoms with E-state index < -0.39 is 11.9 Å². The first kappa shape index (κ1) is 24.2. The van der Waals surface area contributed by atoms with Gasteiger partial charge in [0.25, 0.3) is 0 Å². The van der Waals surface area contributed by atoms with E-state index in [-0.39, 0.29) is 5.92 Å². The lowest BCUT2D eigenvalue weighted by Gasteiger charge is -2.28. The SMILES string of the molecule is Cc1cccc(Cn2c([C@H]3CCCC[C@H]3C(=O)O)nc3cc(OCc4ccc5ccccc5n4)ccc32)c1. The molecule has 0 unspecified atom stereocenters. The highest BCUT2D eigenvalue weighted by atomic mass is 16.5. The second kappa shape index (κ2) is 10.3. The summed E-state index contributed by atoms with van der Waals surface area (Å²) in [4.78, 5) is 21.9. The lowest BCUT2D eigenvalue weighted by atomic mass is 9.78. The molecule has 192 valence electrons. The van der Waals surface area contributed by atoms with Gasteiger partial charge in [0.2, 0.25) is 0 Å². The van der Waals surface area contributed by atoms with E-state index in [9.17, 15) is 9.90 Å². The van der Waals surface area contributed by atoms with Crippen LogP contribution in [0.15, 0.2) is 78.9 Å². The molecule has 0 saturated heterocycles. The minimum Gasteiger partial charge on any atom is -0.487 e. The first-order valence-electron chi connectivity index (χ1n) is 13.3. The number of imidazole rings is 1. The second-order valence-electron chi connectivity index (χ2n) is 10.3. The van der Waals surface area contributed by atoms with Crippen molar-refractivity contribution in [1.29, 1.82) is 0 Å². The third-order valence-corrected chi connectivity index (χ3v) is 7.63. The number of aliphatic carboxylic acids is 1. The normalized spacial score (nSPS) is 17.6. The zero-order valence-corrected chi connectivity index (χ0v) is 21.5. The molecule has 1 fully saturated rings. The molecule has 38 heavy (non-hydrogen) atoms. The number of carbonyl (C=O) groups is 1. The Morgan fingerprint density at radius 2 is 1.82 bits per heavy atom. The average Bonchev–Trinajstić information content (AvgIpc) is 3.29. The highest BCUT2D eigenvalue weighted by Gasteiger charge is 2.35. The minimum atomic E-state index is -0.726. The monoisotopic (exact) mass is 505 g/mol. The number of aryl methyl sites for hydroxylation is 1. The fraction of sp³-hybridized carbons (Fsp3) is 0.281. The molecule has 6 rings (SSSR count). The smallest absolute Gasteiger partial charge is 0.307 e. The van der Waals surface area contributed by atoms with Gasteiger partial charge in [-0.3, -0.25) is 4.79 Å². The standard InChI is InChI=1S/C32H31N3O3/c1-21-7-6-8-22(17-21)19-35-30-16-15-25(38-20-24-14-13-23-9-2-5-12-28(23)33-24)18-29(30)34-31(35)26-10-3-4-11-27(26)32(36)37/h2,5-9,12-18,26-27H,3-4,10-11,19-20H2,1H3,(H,36,37)/t26-,27+/m0/s1. The molecule has 0 bridgehead atoms. The number of carboxylic acid groups (broad SMARTS) is 1. The van der Waals surface area contributed by atoms with Gasteiger partial charge in [-0.05, 0) is 49.6 Å². The first-order valence-corrected chi connectivity index (χ1v) is 13.3. The fourth-order valence-electron chi connectivity index (χ4n) is 5.74. The molecule has 5 aromatic rings. The van der Waals surface area contributed by atoms with Crippen molar-refractivity contribution in [2.45, 2.75) is 51.7 Å². The van der Waals surface area contributed by atoms with Crippen molar-refractivity contribution in [3.8, 4) is 5.75 Å². The number of aromatic nitrogens is 3. The summed E-state index contributed by atoms with van der Waals surface area (Å²) < 4.78 is 8.34. The van der Waals surface area contributed by atoms with Crippen molar-refractivity contribution < 1.29 is 14.6 Å². The quantitative estimate of drug-likeness (QED) is 0.261. The zero-order chi connectivity index (χ0) is 26.1. The summed E-state index contributed by atoms with van der Waals surface area (Å²) in [7, 11) is 0. The van der Waals surface area contributed by atoms with Crippen LogP contribution < -0.4 is 4.74 Å². The van der Waals surface area contributed by atoms with E-state index in [0.29, 0.717) is 19.6 Å². The minimum absolute atomic E-state index is 0.107. The second-order valence-corrected chi connectivity index (χ2v) is 10.3. The number of rotatable bonds is 7. The number of pyridine rings is 1. The van der Waals surface area contributed by atoms with E-state index in [1.807, 2.05) is 48.5 Å². The van der Waals surface area contributed by atoms with Crippen LogP contribution in [0.5, 0.6) is 5.75 Å². The lowest BCUT2D eigenvalue weighted by Crippen LogP contribution is -2.27. The molecule has 0 amide bonds. The Kier molecular flexibility index (Phi) is 6.54. The van der Waals surface area contributed by atoms with Gasteiger partial charge in [-0.25, -0.2) is 9.97 Å². The summed E-state index contributed by atoms with van der Waals surface area (Å²) in [5, 5.41) is 11.1. The Labute approximate surface area is 221 Å². The van der Waals surface area contributed by atoms with Gasteiger partial charge in [0, 0.05) is 23.9 Å². The van der Waals surface area contributed by atoms with Crippen LogP contribution in [0.1, 0.15) is 54.2 Å². The fourth-order valence-corrected chi connectivity index (χ4v) is 5.74. The van der Waals surface area contributed by atoms with Crippen molar-refractivity contribution in [3.63, 3.8) is 0 Å². The van der Waals surface area contributed by atoms with E-state index in [1.54, 1.807) is 0 Å². The van der Waals surface area contributed by atoms with Crippen LogP contribution in [-0.2, 0) is 17.9 Å². The predicted octanol–water partition coefficient (Wildman–Crippen LogP) is 6.88. The van der Waals surface area contributed by atoms with E-state index in [4.69, 9.17) is 14.7 Å². The Bertz CT molecular complexity index is 1620. The molecule has 1 aliphatic carbocycles. The van der Waals surface area contributed by atoms with Gasteiger partial charge >= 0.3 is 5.97 Å². The summed E-state index contributed by atoms with van der Waals surface area (Å²) in [6.07, 6.45) is 3.51. The molecule has 1 saturated carbocycles. The highest BCUT2D eigenvalue weighted by molar-refractivity contribution is 5.79. The van der Waals surface area contributed by atoms with Crippen LogP contribution in [-0.4, -0.2) is 25.6 Å². The van der Waals surface area contributed by atoms with Crippen LogP contribution in [0.2, 0.25) is 0 Å². The van der Waals surface area contributed by atoms with Crippen molar-refractivity contribution in [2.24, 2.45) is 5.92 Å². The number of hydrogen-bond donors (Lipinski definition) is 1. The van der Waals surface area contributed by atoms with Gasteiger partial charge < -0.3 is 14.4 Å². The molecule has 6 nitrogen and oxygen atoms in total. The van der Waals surface area contributed by atoms with Gasteiger partial charge in [-0.1, -0.05) is 66.9 Å². The number of benzene rings is 3. The maximum Gasteiger partial charge on any atom is 0.307 e. The number of hydrogen-bond acceptors (Lipinski definition) is 4. The van der Waals surface area contributed by atoms with E-state index in [0.717, 1.165) is 58.5 Å². The summed E-state index contributed by atoms with van der Waals surface area (Å²) in [6.45, 7) is 3.10. The topological polar surface area (TPSA) is 77.2 Å². The highest BCUT2D eigenvalue weighted by Crippen LogP contribution is 2.39. The van der Waals surface area contributed by atoms with E-state index >= 15 is 0 Å². The van der Waals surface area contributed by atoms with Gasteiger partial charge in [0.05, 0.1) is 28.2 Å². The number of para-hydroxylation sites is 1. The van der Waals surface area contributed by atoms with E-state index in [2.05, 4.69) is 41.8 Å². The van der Waals surface area contributed by atoms with Gasteiger partial charge in [-0.15, -0.1) is 0 Å². The summed E-state index contributed by atoms with van der Waals surface area (Å²) in [6, 6.07) is 26.5. The largest absolute Gasteiger partial charge is 0.487 e. The molecule has 3 aromatic carbocycles. The van der Waals surface area contributed by atoms with Gasteiger partial charge in [0.15, 0.2) is 0 Å². The molecule has 2 aromatic heterocycles. The van der Waals surface area contributed by atoms with Crippen LogP contribution in [0, 0.1) is 12.8 Å². The Morgan fingerprint density at radius 1 is 0.947 bits per heavy atom. The molecule has 0 aliphatic heterocycles. The number of fused-ring (bicyclic) bond motifs is 2. The maximum absolute atomic E-state index is 12.2. The molecular weight excluding hydrogens is 474 g/mol. The number of nitrogens with zero attached hydrogens (tertiary/aromatic N) is 3. The Hall–Kier alpha value is -4.19. The summed E-state index contributed by atoms with van der Waals surface area (Å²) in [5.41, 5.74) is 6.01. The lowest BCUT2D eigenvalue weighted by molar-refractivity contribution is -0.143. The van der Waals surface area contributed by atoms with Crippen LogP contribution in [0.25, 0.3) is 21.9 Å². The average molecular weight is 506 g/mol.